The average Bonchev–Trinajstić information content (AvgIpc) is 2.88. The molecular formula is C16H26N2O. The molecule has 0 bridgehead atoms. The van der Waals surface area contributed by atoms with Crippen LogP contribution >= 0.6 is 0 Å². The molecule has 1 saturated heterocycles. The summed E-state index contributed by atoms with van der Waals surface area (Å²) in [5, 5.41) is 3.50. The molecule has 1 aliphatic heterocycles. The van der Waals surface area contributed by atoms with Crippen LogP contribution in [0.25, 0.3) is 0 Å². The van der Waals surface area contributed by atoms with Gasteiger partial charge >= 0.3 is 0 Å². The van der Waals surface area contributed by atoms with Gasteiger partial charge in [0.1, 0.15) is 5.75 Å². The Labute approximate surface area is 116 Å². The van der Waals surface area contributed by atoms with Gasteiger partial charge in [0.2, 0.25) is 0 Å². The Balaban J connectivity index is 1.94. The minimum atomic E-state index is 0.466. The summed E-state index contributed by atoms with van der Waals surface area (Å²) < 4.78 is 5.28. The Morgan fingerprint density at radius 2 is 2.26 bits per heavy atom. The van der Waals surface area contributed by atoms with E-state index in [0.29, 0.717) is 5.41 Å². The van der Waals surface area contributed by atoms with Crippen molar-refractivity contribution in [1.82, 2.24) is 10.2 Å². The molecule has 106 valence electrons. The lowest BCUT2D eigenvalue weighted by atomic mass is 9.84. The van der Waals surface area contributed by atoms with Gasteiger partial charge in [-0.15, -0.1) is 0 Å². The van der Waals surface area contributed by atoms with Gasteiger partial charge in [0, 0.05) is 19.6 Å². The number of rotatable bonds is 6. The van der Waals surface area contributed by atoms with Gasteiger partial charge in [-0.3, -0.25) is 0 Å². The number of methoxy groups -OCH3 is 1. The van der Waals surface area contributed by atoms with E-state index in [1.807, 2.05) is 6.07 Å². The van der Waals surface area contributed by atoms with Crippen molar-refractivity contribution in [2.45, 2.75) is 26.3 Å². The highest BCUT2D eigenvalue weighted by atomic mass is 16.5. The zero-order valence-electron chi connectivity index (χ0n) is 12.4. The smallest absolute Gasteiger partial charge is 0.119 e. The molecule has 0 aromatic heterocycles. The van der Waals surface area contributed by atoms with Gasteiger partial charge in [0.15, 0.2) is 0 Å². The average molecular weight is 262 g/mol. The Kier molecular flexibility index (Phi) is 4.83. The molecule has 3 heteroatoms. The summed E-state index contributed by atoms with van der Waals surface area (Å²) in [6, 6.07) is 8.36. The molecule has 1 fully saturated rings. The summed E-state index contributed by atoms with van der Waals surface area (Å²) in [5.41, 5.74) is 1.78. The maximum Gasteiger partial charge on any atom is 0.119 e. The molecule has 1 N–H and O–H groups in total. The second-order valence-electron chi connectivity index (χ2n) is 5.80. The van der Waals surface area contributed by atoms with E-state index in [9.17, 15) is 0 Å². The topological polar surface area (TPSA) is 24.5 Å². The van der Waals surface area contributed by atoms with Crippen molar-refractivity contribution >= 4 is 0 Å². The van der Waals surface area contributed by atoms with E-state index in [1.54, 1.807) is 7.11 Å². The molecule has 1 aromatic rings. The molecule has 0 aliphatic carbocycles. The van der Waals surface area contributed by atoms with E-state index >= 15 is 0 Å². The summed E-state index contributed by atoms with van der Waals surface area (Å²) >= 11 is 0. The zero-order valence-corrected chi connectivity index (χ0v) is 12.4. The van der Waals surface area contributed by atoms with Crippen LogP contribution in [0.15, 0.2) is 24.3 Å². The highest BCUT2D eigenvalue weighted by molar-refractivity contribution is 5.28. The molecule has 3 nitrogen and oxygen atoms in total. The summed E-state index contributed by atoms with van der Waals surface area (Å²) in [7, 11) is 3.94. The third kappa shape index (κ3) is 3.71. The van der Waals surface area contributed by atoms with Crippen LogP contribution < -0.4 is 10.1 Å². The molecule has 1 atom stereocenters. The maximum absolute atomic E-state index is 5.28. The molecule has 1 aromatic carbocycles. The molecule has 2 rings (SSSR count). The third-order valence-electron chi connectivity index (χ3n) is 4.27. The number of nitrogens with zero attached hydrogens (tertiary/aromatic N) is 1. The third-order valence-corrected chi connectivity index (χ3v) is 4.27. The SMILES string of the molecule is CCC1(CN(C)Cc2cccc(OC)c2)CCNC1. The van der Waals surface area contributed by atoms with Crippen molar-refractivity contribution in [1.29, 1.82) is 0 Å². The first-order chi connectivity index (χ1) is 9.17. The van der Waals surface area contributed by atoms with Crippen molar-refractivity contribution < 1.29 is 4.74 Å². The minimum Gasteiger partial charge on any atom is -0.497 e. The van der Waals surface area contributed by atoms with Gasteiger partial charge in [0.05, 0.1) is 7.11 Å². The molecule has 0 amide bonds. The first-order valence-electron chi connectivity index (χ1n) is 7.20. The first-order valence-corrected chi connectivity index (χ1v) is 7.20. The molecule has 19 heavy (non-hydrogen) atoms. The summed E-state index contributed by atoms with van der Waals surface area (Å²) in [6.07, 6.45) is 2.55. The number of benzene rings is 1. The Morgan fingerprint density at radius 1 is 1.42 bits per heavy atom. The largest absolute Gasteiger partial charge is 0.497 e. The highest BCUT2D eigenvalue weighted by Gasteiger charge is 2.32. The first kappa shape index (κ1) is 14.4. The van der Waals surface area contributed by atoms with Crippen LogP contribution in [0, 0.1) is 5.41 Å². The van der Waals surface area contributed by atoms with Crippen LogP contribution in [-0.4, -0.2) is 38.7 Å². The lowest BCUT2D eigenvalue weighted by molar-refractivity contribution is 0.179. The van der Waals surface area contributed by atoms with Crippen LogP contribution in [0.5, 0.6) is 5.75 Å². The van der Waals surface area contributed by atoms with E-state index in [1.165, 1.54) is 24.9 Å². The zero-order chi connectivity index (χ0) is 13.7. The van der Waals surface area contributed by atoms with Gasteiger partial charge in [-0.1, -0.05) is 19.1 Å². The van der Waals surface area contributed by atoms with E-state index in [-0.39, 0.29) is 0 Å². The molecule has 1 aliphatic rings. The van der Waals surface area contributed by atoms with Crippen LogP contribution in [-0.2, 0) is 6.54 Å². The molecule has 0 spiro atoms. The van der Waals surface area contributed by atoms with E-state index in [4.69, 9.17) is 4.74 Å². The van der Waals surface area contributed by atoms with Crippen LogP contribution in [0.4, 0.5) is 0 Å². The van der Waals surface area contributed by atoms with E-state index in [0.717, 1.165) is 25.4 Å². The lowest BCUT2D eigenvalue weighted by Gasteiger charge is -2.32. The van der Waals surface area contributed by atoms with Gasteiger partial charge < -0.3 is 15.0 Å². The number of hydrogen-bond donors (Lipinski definition) is 1. The predicted molar refractivity (Wildman–Crippen MR) is 79.5 cm³/mol. The fraction of sp³-hybridized carbons (Fsp3) is 0.625. The quantitative estimate of drug-likeness (QED) is 0.852. The summed E-state index contributed by atoms with van der Waals surface area (Å²) in [4.78, 5) is 2.44. The van der Waals surface area contributed by atoms with Crippen molar-refractivity contribution in [3.63, 3.8) is 0 Å². The fourth-order valence-corrected chi connectivity index (χ4v) is 3.06. The monoisotopic (exact) mass is 262 g/mol. The molecular weight excluding hydrogens is 236 g/mol. The number of nitrogens with one attached hydrogen (secondary N) is 1. The van der Waals surface area contributed by atoms with E-state index < -0.39 is 0 Å². The lowest BCUT2D eigenvalue weighted by Crippen LogP contribution is -2.36. The summed E-state index contributed by atoms with van der Waals surface area (Å²) in [6.45, 7) is 6.78. The van der Waals surface area contributed by atoms with Crippen molar-refractivity contribution in [3.05, 3.63) is 29.8 Å². The Bertz CT molecular complexity index is 399. The standard InChI is InChI=1S/C16H26N2O/c1-4-16(8-9-17-12-16)13-18(2)11-14-6-5-7-15(10-14)19-3/h5-7,10,17H,4,8-9,11-13H2,1-3H3. The molecule has 0 radical (unpaired) electrons. The predicted octanol–water partition coefficient (Wildman–Crippen LogP) is 2.52. The molecule has 1 unspecified atom stereocenters. The highest BCUT2D eigenvalue weighted by Crippen LogP contribution is 2.30. The Morgan fingerprint density at radius 3 is 2.89 bits per heavy atom. The van der Waals surface area contributed by atoms with E-state index in [2.05, 4.69) is 42.4 Å². The number of hydrogen-bond acceptors (Lipinski definition) is 3. The summed E-state index contributed by atoms with van der Waals surface area (Å²) in [5.74, 6) is 0.943. The maximum atomic E-state index is 5.28. The Hall–Kier alpha value is -1.06. The normalized spacial score (nSPS) is 22.9. The number of ether oxygens (including phenoxy) is 1. The van der Waals surface area contributed by atoms with Gasteiger partial charge in [-0.05, 0) is 49.5 Å². The van der Waals surface area contributed by atoms with Crippen LogP contribution in [0.3, 0.4) is 0 Å². The minimum absolute atomic E-state index is 0.466. The van der Waals surface area contributed by atoms with Crippen LogP contribution in [0.2, 0.25) is 0 Å². The molecule has 1 heterocycles. The van der Waals surface area contributed by atoms with Crippen molar-refractivity contribution in [2.24, 2.45) is 5.41 Å². The van der Waals surface area contributed by atoms with Crippen molar-refractivity contribution in [2.75, 3.05) is 33.8 Å². The second kappa shape index (κ2) is 6.40. The van der Waals surface area contributed by atoms with Gasteiger partial charge in [-0.2, -0.15) is 0 Å². The van der Waals surface area contributed by atoms with Gasteiger partial charge in [0.25, 0.3) is 0 Å². The van der Waals surface area contributed by atoms with Crippen molar-refractivity contribution in [3.8, 4) is 5.75 Å². The fourth-order valence-electron chi connectivity index (χ4n) is 3.06. The molecule has 0 saturated carbocycles. The second-order valence-corrected chi connectivity index (χ2v) is 5.80. The van der Waals surface area contributed by atoms with Crippen LogP contribution in [0.1, 0.15) is 25.3 Å². The van der Waals surface area contributed by atoms with Gasteiger partial charge in [-0.25, -0.2) is 0 Å².